The van der Waals surface area contributed by atoms with E-state index in [1.54, 1.807) is 20.8 Å². The highest BCUT2D eigenvalue weighted by Crippen LogP contribution is 2.39. The Hall–Kier alpha value is -3.36. The molecule has 43 heavy (non-hydrogen) atoms. The number of halogens is 1. The summed E-state index contributed by atoms with van der Waals surface area (Å²) in [6.45, 7) is 19.4. The maximum atomic E-state index is 8.52. The van der Waals surface area contributed by atoms with Gasteiger partial charge in [0.15, 0.2) is 0 Å². The highest BCUT2D eigenvalue weighted by molar-refractivity contribution is 6.32. The monoisotopic (exact) mass is 612 g/mol. The molecule has 0 radical (unpaired) electrons. The van der Waals surface area contributed by atoms with Crippen LogP contribution in [-0.2, 0) is 11.2 Å². The zero-order valence-electron chi connectivity index (χ0n) is 27.0. The molecule has 0 atom stereocenters. The second kappa shape index (κ2) is 16.5. The summed E-state index contributed by atoms with van der Waals surface area (Å²) in [5.74, 6) is 0.747. The summed E-state index contributed by atoms with van der Waals surface area (Å²) in [6, 6.07) is 9.95. The van der Waals surface area contributed by atoms with Gasteiger partial charge in [0.1, 0.15) is 12.4 Å². The maximum Gasteiger partial charge on any atom is 0.290 e. The highest BCUT2D eigenvalue weighted by Gasteiger charge is 2.28. The number of ether oxygens (including phenoxy) is 1. The lowest BCUT2D eigenvalue weighted by Crippen LogP contribution is -2.38. The summed E-state index contributed by atoms with van der Waals surface area (Å²) >= 11 is 6.25. The molecule has 1 aliphatic rings. The van der Waals surface area contributed by atoms with Crippen molar-refractivity contribution in [2.75, 3.05) is 36.5 Å². The minimum Gasteiger partial charge on any atom is -0.490 e. The maximum absolute atomic E-state index is 8.52. The largest absolute Gasteiger partial charge is 0.490 e. The topological polar surface area (TPSA) is 108 Å². The Morgan fingerprint density at radius 2 is 1.72 bits per heavy atom. The molecule has 4 rings (SSSR count). The van der Waals surface area contributed by atoms with Crippen LogP contribution in [0.2, 0.25) is 5.02 Å². The van der Waals surface area contributed by atoms with E-state index in [1.165, 1.54) is 24.1 Å². The molecule has 0 unspecified atom stereocenters. The lowest BCUT2D eigenvalue weighted by molar-refractivity contribution is -0.122. The quantitative estimate of drug-likeness (QED) is 0.177. The van der Waals surface area contributed by atoms with Crippen molar-refractivity contribution in [1.29, 1.82) is 0 Å². The van der Waals surface area contributed by atoms with Crippen LogP contribution in [0.15, 0.2) is 42.7 Å². The van der Waals surface area contributed by atoms with Gasteiger partial charge in [-0.15, -0.1) is 0 Å². The van der Waals surface area contributed by atoms with Gasteiger partial charge in [-0.2, -0.15) is 0 Å². The number of carbonyl (C=O) groups is 1. The first kappa shape index (κ1) is 35.8. The summed E-state index contributed by atoms with van der Waals surface area (Å²) < 4.78 is 5.89. The van der Waals surface area contributed by atoms with E-state index in [4.69, 9.17) is 41.3 Å². The van der Waals surface area contributed by atoms with Crippen molar-refractivity contribution < 1.29 is 19.7 Å². The number of benzene rings is 1. The van der Waals surface area contributed by atoms with Crippen LogP contribution in [0, 0.1) is 19.3 Å². The van der Waals surface area contributed by atoms with E-state index in [-0.39, 0.29) is 6.47 Å². The van der Waals surface area contributed by atoms with Gasteiger partial charge in [0.25, 0.3) is 6.47 Å². The SMILES string of the molecule is CC(C)(C)O.CCc1c(C)ncc(-c2ccc(NCCOc3c(C)cccc3Cl)cn2)c1N1CCC(C)(C)CC1.O=CO. The van der Waals surface area contributed by atoms with Crippen molar-refractivity contribution in [3.05, 3.63) is 64.6 Å². The van der Waals surface area contributed by atoms with Gasteiger partial charge in [0.05, 0.1) is 33.9 Å². The van der Waals surface area contributed by atoms with Crippen LogP contribution in [0.1, 0.15) is 71.2 Å². The third kappa shape index (κ3) is 11.7. The van der Waals surface area contributed by atoms with Crippen molar-refractivity contribution in [2.24, 2.45) is 5.41 Å². The number of pyridine rings is 2. The summed E-state index contributed by atoms with van der Waals surface area (Å²) in [5.41, 5.74) is 7.75. The standard InChI is InChI=1S/C29H37ClN4O.C4H10O.CH2O2/c1-6-23-21(3)32-19-24(27(23)34-15-12-29(4,5)13-16-34)26-11-10-22(18-33-26)31-14-17-35-28-20(2)8-7-9-25(28)30;1-4(2,3)5;2-1-3/h7-11,18-19,31H,6,12-17H2,1-5H3;5H,1-3H3;1H,(H,2,3). The Labute approximate surface area is 262 Å². The van der Waals surface area contributed by atoms with Gasteiger partial charge in [-0.3, -0.25) is 14.8 Å². The zero-order valence-corrected chi connectivity index (χ0v) is 27.8. The molecule has 236 valence electrons. The van der Waals surface area contributed by atoms with E-state index in [0.29, 0.717) is 23.6 Å². The third-order valence-electron chi connectivity index (χ3n) is 7.03. The van der Waals surface area contributed by atoms with Crippen molar-refractivity contribution >= 4 is 29.4 Å². The van der Waals surface area contributed by atoms with E-state index in [0.717, 1.165) is 53.5 Å². The minimum atomic E-state index is -0.500. The van der Waals surface area contributed by atoms with Crippen LogP contribution in [0.25, 0.3) is 11.3 Å². The number of hydrogen-bond donors (Lipinski definition) is 3. The molecule has 3 aromatic rings. The number of hydrogen-bond acceptors (Lipinski definition) is 7. The Morgan fingerprint density at radius 3 is 2.26 bits per heavy atom. The number of aryl methyl sites for hydroxylation is 2. The number of piperidine rings is 1. The van der Waals surface area contributed by atoms with Crippen molar-refractivity contribution in [3.8, 4) is 17.0 Å². The van der Waals surface area contributed by atoms with Crippen LogP contribution >= 0.6 is 11.6 Å². The van der Waals surface area contributed by atoms with Crippen LogP contribution in [0.4, 0.5) is 11.4 Å². The van der Waals surface area contributed by atoms with E-state index >= 15 is 0 Å². The molecule has 2 aromatic heterocycles. The van der Waals surface area contributed by atoms with E-state index in [2.05, 4.69) is 50.0 Å². The Morgan fingerprint density at radius 1 is 1.09 bits per heavy atom. The first-order valence-corrected chi connectivity index (χ1v) is 15.2. The average molecular weight is 613 g/mol. The average Bonchev–Trinajstić information content (AvgIpc) is 2.92. The fourth-order valence-electron chi connectivity index (χ4n) is 4.75. The van der Waals surface area contributed by atoms with Gasteiger partial charge in [0.2, 0.25) is 0 Å². The Bertz CT molecular complexity index is 1270. The molecule has 3 heterocycles. The Balaban J connectivity index is 0.000000719. The lowest BCUT2D eigenvalue weighted by Gasteiger charge is -2.40. The fourth-order valence-corrected chi connectivity index (χ4v) is 5.02. The smallest absolute Gasteiger partial charge is 0.290 e. The molecule has 8 nitrogen and oxygen atoms in total. The van der Waals surface area contributed by atoms with Crippen LogP contribution in [-0.4, -0.2) is 58.5 Å². The molecule has 0 amide bonds. The Kier molecular flexibility index (Phi) is 13.7. The van der Waals surface area contributed by atoms with Gasteiger partial charge in [-0.25, -0.2) is 0 Å². The second-order valence-electron chi connectivity index (χ2n) is 12.5. The minimum absolute atomic E-state index is 0.250. The summed E-state index contributed by atoms with van der Waals surface area (Å²) in [4.78, 5) is 20.5. The van der Waals surface area contributed by atoms with Crippen molar-refractivity contribution in [1.82, 2.24) is 9.97 Å². The van der Waals surface area contributed by atoms with E-state index < -0.39 is 5.60 Å². The number of nitrogens with one attached hydrogen (secondary N) is 1. The van der Waals surface area contributed by atoms with Crippen molar-refractivity contribution in [2.45, 2.75) is 80.3 Å². The first-order valence-electron chi connectivity index (χ1n) is 14.8. The third-order valence-corrected chi connectivity index (χ3v) is 7.33. The second-order valence-corrected chi connectivity index (χ2v) is 12.9. The number of para-hydroxylation sites is 1. The molecule has 0 bridgehead atoms. The number of aliphatic hydroxyl groups is 1. The lowest BCUT2D eigenvalue weighted by atomic mass is 9.82. The molecule has 9 heteroatoms. The number of carboxylic acid groups (broad SMARTS) is 1. The molecule has 0 saturated carbocycles. The normalized spacial score (nSPS) is 14.0. The molecule has 3 N–H and O–H groups in total. The number of rotatable bonds is 8. The molecule has 1 aliphatic heterocycles. The summed E-state index contributed by atoms with van der Waals surface area (Å²) in [7, 11) is 0. The van der Waals surface area contributed by atoms with Gasteiger partial charge in [-0.05, 0) is 88.6 Å². The van der Waals surface area contributed by atoms with Crippen molar-refractivity contribution in [3.63, 3.8) is 0 Å². The molecule has 1 saturated heterocycles. The van der Waals surface area contributed by atoms with Gasteiger partial charge >= 0.3 is 0 Å². The number of nitrogens with zero attached hydrogens (tertiary/aromatic N) is 3. The van der Waals surface area contributed by atoms with Crippen LogP contribution in [0.3, 0.4) is 0 Å². The van der Waals surface area contributed by atoms with Crippen LogP contribution < -0.4 is 15.0 Å². The van der Waals surface area contributed by atoms with Gasteiger partial charge < -0.3 is 25.2 Å². The predicted octanol–water partition coefficient (Wildman–Crippen LogP) is 7.57. The molecular weight excluding hydrogens is 564 g/mol. The summed E-state index contributed by atoms with van der Waals surface area (Å²) in [5, 5.41) is 19.4. The fraction of sp³-hybridized carbons (Fsp3) is 0.500. The zero-order chi connectivity index (χ0) is 32.2. The highest BCUT2D eigenvalue weighted by atomic mass is 35.5. The molecule has 1 aromatic carbocycles. The first-order chi connectivity index (χ1) is 20.2. The molecule has 0 aliphatic carbocycles. The predicted molar refractivity (Wildman–Crippen MR) is 178 cm³/mol. The molecule has 0 spiro atoms. The van der Waals surface area contributed by atoms with Gasteiger partial charge in [-0.1, -0.05) is 44.5 Å². The number of anilines is 2. The van der Waals surface area contributed by atoms with E-state index in [9.17, 15) is 0 Å². The molecular formula is C34H49ClN4O4. The number of aromatic nitrogens is 2. The van der Waals surface area contributed by atoms with Gasteiger partial charge in [0, 0.05) is 37.1 Å². The van der Waals surface area contributed by atoms with Crippen LogP contribution in [0.5, 0.6) is 5.75 Å². The molecule has 1 fully saturated rings. The summed E-state index contributed by atoms with van der Waals surface area (Å²) in [6.07, 6.45) is 7.25. The van der Waals surface area contributed by atoms with E-state index in [1.807, 2.05) is 37.5 Å².